The van der Waals surface area contributed by atoms with Crippen molar-refractivity contribution in [3.63, 3.8) is 0 Å². The van der Waals surface area contributed by atoms with Gasteiger partial charge in [0.1, 0.15) is 0 Å². The minimum atomic E-state index is -0.0739. The fourth-order valence-electron chi connectivity index (χ4n) is 1.19. The van der Waals surface area contributed by atoms with Crippen LogP contribution in [0.5, 0.6) is 0 Å². The van der Waals surface area contributed by atoms with Gasteiger partial charge in [-0.2, -0.15) is 4.99 Å². The molecule has 0 atom stereocenters. The summed E-state index contributed by atoms with van der Waals surface area (Å²) in [6, 6.07) is 4.10. The fourth-order valence-corrected chi connectivity index (χ4v) is 2.03. The third kappa shape index (κ3) is 3.54. The van der Waals surface area contributed by atoms with E-state index < -0.39 is 0 Å². The highest BCUT2D eigenvalue weighted by molar-refractivity contribution is 7.10. The Hall–Kier alpha value is -1.56. The lowest BCUT2D eigenvalue weighted by Crippen LogP contribution is -2.28. The van der Waals surface area contributed by atoms with Crippen molar-refractivity contribution in [1.82, 2.24) is 0 Å². The minimum Gasteiger partial charge on any atom is -0.370 e. The molecule has 5 nitrogen and oxygen atoms in total. The number of thiophene rings is 1. The number of nitrogens with zero attached hydrogens (tertiary/aromatic N) is 2. The SMILES string of the molecule is CC(C)(CN=C(N)N=C(N)N)c1cccs1. The molecule has 6 heteroatoms. The van der Waals surface area contributed by atoms with E-state index in [1.54, 1.807) is 11.3 Å². The summed E-state index contributed by atoms with van der Waals surface area (Å²) in [6.07, 6.45) is 0. The maximum atomic E-state index is 5.54. The van der Waals surface area contributed by atoms with Crippen molar-refractivity contribution >= 4 is 23.3 Å². The Morgan fingerprint density at radius 2 is 2.06 bits per heavy atom. The van der Waals surface area contributed by atoms with Crippen LogP contribution in [-0.4, -0.2) is 18.5 Å². The number of hydrogen-bond acceptors (Lipinski definition) is 2. The number of hydrogen-bond donors (Lipinski definition) is 3. The fraction of sp³-hybridized carbons (Fsp3) is 0.400. The van der Waals surface area contributed by atoms with E-state index in [1.165, 1.54) is 4.88 Å². The van der Waals surface area contributed by atoms with E-state index in [9.17, 15) is 0 Å². The van der Waals surface area contributed by atoms with Crippen LogP contribution in [0.25, 0.3) is 0 Å². The van der Waals surface area contributed by atoms with Gasteiger partial charge in [-0.25, -0.2) is 0 Å². The summed E-state index contributed by atoms with van der Waals surface area (Å²) >= 11 is 1.70. The van der Waals surface area contributed by atoms with Crippen LogP contribution < -0.4 is 17.2 Å². The van der Waals surface area contributed by atoms with Crippen molar-refractivity contribution in [3.05, 3.63) is 22.4 Å². The third-order valence-corrected chi connectivity index (χ3v) is 3.30. The molecule has 0 aromatic carbocycles. The lowest BCUT2D eigenvalue weighted by atomic mass is 9.92. The van der Waals surface area contributed by atoms with Crippen LogP contribution in [0.3, 0.4) is 0 Å². The molecule has 0 fully saturated rings. The lowest BCUT2D eigenvalue weighted by molar-refractivity contribution is 0.551. The zero-order valence-electron chi connectivity index (χ0n) is 9.47. The van der Waals surface area contributed by atoms with E-state index in [1.807, 2.05) is 11.4 Å². The quantitative estimate of drug-likeness (QED) is 0.532. The molecule has 0 radical (unpaired) electrons. The van der Waals surface area contributed by atoms with E-state index in [0.717, 1.165) is 0 Å². The van der Waals surface area contributed by atoms with Crippen molar-refractivity contribution in [3.8, 4) is 0 Å². The van der Waals surface area contributed by atoms with Crippen LogP contribution in [0.1, 0.15) is 18.7 Å². The number of aliphatic imine (C=N–C) groups is 2. The highest BCUT2D eigenvalue weighted by Crippen LogP contribution is 2.27. The number of guanidine groups is 2. The van der Waals surface area contributed by atoms with Crippen molar-refractivity contribution in [2.75, 3.05) is 6.54 Å². The van der Waals surface area contributed by atoms with Crippen LogP contribution in [0.15, 0.2) is 27.5 Å². The highest BCUT2D eigenvalue weighted by atomic mass is 32.1. The zero-order chi connectivity index (χ0) is 12.2. The first-order valence-corrected chi connectivity index (χ1v) is 5.73. The summed E-state index contributed by atoms with van der Waals surface area (Å²) in [5, 5.41) is 2.04. The van der Waals surface area contributed by atoms with Crippen LogP contribution in [0, 0.1) is 0 Å². The molecule has 0 amide bonds. The van der Waals surface area contributed by atoms with Crippen molar-refractivity contribution in [2.45, 2.75) is 19.3 Å². The van der Waals surface area contributed by atoms with Crippen LogP contribution in [-0.2, 0) is 5.41 Å². The van der Waals surface area contributed by atoms with Gasteiger partial charge in [0.05, 0.1) is 6.54 Å². The monoisotopic (exact) mass is 239 g/mol. The topological polar surface area (TPSA) is 103 Å². The lowest BCUT2D eigenvalue weighted by Gasteiger charge is -2.20. The Labute approximate surface area is 99.1 Å². The van der Waals surface area contributed by atoms with Crippen molar-refractivity contribution in [1.29, 1.82) is 0 Å². The number of rotatable bonds is 3. The molecule has 16 heavy (non-hydrogen) atoms. The maximum Gasteiger partial charge on any atom is 0.218 e. The first-order chi connectivity index (χ1) is 7.42. The van der Waals surface area contributed by atoms with Gasteiger partial charge in [-0.1, -0.05) is 19.9 Å². The van der Waals surface area contributed by atoms with Crippen molar-refractivity contribution < 1.29 is 0 Å². The minimum absolute atomic E-state index is 0.0579. The van der Waals surface area contributed by atoms with Gasteiger partial charge in [0, 0.05) is 10.3 Å². The molecule has 0 saturated carbocycles. The highest BCUT2D eigenvalue weighted by Gasteiger charge is 2.21. The smallest absolute Gasteiger partial charge is 0.218 e. The molecular formula is C10H17N5S. The summed E-state index contributed by atoms with van der Waals surface area (Å²) in [5.41, 5.74) is 15.9. The molecule has 1 rings (SSSR count). The molecule has 88 valence electrons. The van der Waals surface area contributed by atoms with Gasteiger partial charge in [0.2, 0.25) is 5.96 Å². The molecular weight excluding hydrogens is 222 g/mol. The molecule has 0 aliphatic heterocycles. The molecule has 6 N–H and O–H groups in total. The average molecular weight is 239 g/mol. The normalized spacial score (nSPS) is 12.5. The first kappa shape index (κ1) is 12.5. The summed E-state index contributed by atoms with van der Waals surface area (Å²) in [7, 11) is 0. The van der Waals surface area contributed by atoms with E-state index in [0.29, 0.717) is 6.54 Å². The van der Waals surface area contributed by atoms with Crippen molar-refractivity contribution in [2.24, 2.45) is 27.2 Å². The Kier molecular flexibility index (Phi) is 3.89. The van der Waals surface area contributed by atoms with Gasteiger partial charge >= 0.3 is 0 Å². The van der Waals surface area contributed by atoms with E-state index in [2.05, 4.69) is 29.9 Å². The molecule has 0 bridgehead atoms. The summed E-state index contributed by atoms with van der Waals surface area (Å²) in [6.45, 7) is 4.76. The van der Waals surface area contributed by atoms with E-state index in [-0.39, 0.29) is 17.3 Å². The largest absolute Gasteiger partial charge is 0.370 e. The first-order valence-electron chi connectivity index (χ1n) is 4.85. The second kappa shape index (κ2) is 4.98. The Bertz CT molecular complexity index is 387. The average Bonchev–Trinajstić information content (AvgIpc) is 2.67. The summed E-state index contributed by atoms with van der Waals surface area (Å²) < 4.78 is 0. The summed E-state index contributed by atoms with van der Waals surface area (Å²) in [4.78, 5) is 9.07. The van der Waals surface area contributed by atoms with Gasteiger partial charge in [-0.15, -0.1) is 11.3 Å². The Morgan fingerprint density at radius 3 is 2.56 bits per heavy atom. The van der Waals surface area contributed by atoms with E-state index in [4.69, 9.17) is 17.2 Å². The number of nitrogens with two attached hydrogens (primary N) is 3. The van der Waals surface area contributed by atoms with Crippen LogP contribution >= 0.6 is 11.3 Å². The van der Waals surface area contributed by atoms with Crippen LogP contribution in [0.4, 0.5) is 0 Å². The predicted octanol–water partition coefficient (Wildman–Crippen LogP) is 0.614. The summed E-state index contributed by atoms with van der Waals surface area (Å²) in [5.74, 6) is 0.0415. The molecule has 1 aromatic heterocycles. The zero-order valence-corrected chi connectivity index (χ0v) is 10.3. The second-order valence-corrected chi connectivity index (χ2v) is 5.02. The van der Waals surface area contributed by atoms with Gasteiger partial charge in [0.25, 0.3) is 0 Å². The molecule has 0 saturated heterocycles. The Balaban J connectivity index is 2.71. The molecule has 0 aliphatic carbocycles. The molecule has 0 unspecified atom stereocenters. The molecule has 1 heterocycles. The standard InChI is InChI=1S/C10H17N5S/c1-10(2,7-4-3-5-16-7)6-14-9(13)15-8(11)12/h3-5H,6H2,1-2H3,(H6,11,12,13,14,15). The Morgan fingerprint density at radius 1 is 1.38 bits per heavy atom. The second-order valence-electron chi connectivity index (χ2n) is 4.07. The molecule has 1 aromatic rings. The predicted molar refractivity (Wildman–Crippen MR) is 69.6 cm³/mol. The third-order valence-electron chi connectivity index (χ3n) is 2.07. The van der Waals surface area contributed by atoms with Gasteiger partial charge in [-0.3, -0.25) is 4.99 Å². The van der Waals surface area contributed by atoms with E-state index >= 15 is 0 Å². The van der Waals surface area contributed by atoms with Gasteiger partial charge in [0.15, 0.2) is 5.96 Å². The van der Waals surface area contributed by atoms with Crippen LogP contribution in [0.2, 0.25) is 0 Å². The molecule has 0 spiro atoms. The van der Waals surface area contributed by atoms with Gasteiger partial charge < -0.3 is 17.2 Å². The maximum absolute atomic E-state index is 5.54. The van der Waals surface area contributed by atoms with Gasteiger partial charge in [-0.05, 0) is 11.4 Å². The molecule has 0 aliphatic rings.